The Labute approximate surface area is 77.7 Å². The van der Waals surface area contributed by atoms with Crippen molar-refractivity contribution in [2.45, 2.75) is 37.3 Å². The molecule has 3 N–H and O–H groups in total. The molecule has 1 unspecified atom stereocenters. The second kappa shape index (κ2) is 2.96. The molecule has 0 aromatic heterocycles. The molecule has 1 atom stereocenters. The zero-order valence-corrected chi connectivity index (χ0v) is 7.70. The smallest absolute Gasteiger partial charge is 0.325 e. The van der Waals surface area contributed by atoms with Crippen molar-refractivity contribution in [2.24, 2.45) is 5.73 Å². The third-order valence-corrected chi connectivity index (χ3v) is 3.35. The van der Waals surface area contributed by atoms with Crippen molar-refractivity contribution in [1.82, 2.24) is 4.90 Å². The van der Waals surface area contributed by atoms with Crippen LogP contribution in [0.3, 0.4) is 0 Å². The Morgan fingerprint density at radius 3 is 2.62 bits per heavy atom. The molecule has 1 saturated carbocycles. The molecule has 0 amide bonds. The number of carboxylic acid groups (broad SMARTS) is 1. The van der Waals surface area contributed by atoms with Crippen LogP contribution in [0.25, 0.3) is 0 Å². The Hall–Kier alpha value is -0.610. The topological polar surface area (TPSA) is 66.6 Å². The van der Waals surface area contributed by atoms with E-state index < -0.39 is 11.5 Å². The van der Waals surface area contributed by atoms with Gasteiger partial charge in [-0.2, -0.15) is 0 Å². The van der Waals surface area contributed by atoms with Crippen molar-refractivity contribution < 1.29 is 9.90 Å². The van der Waals surface area contributed by atoms with Gasteiger partial charge < -0.3 is 10.8 Å². The van der Waals surface area contributed by atoms with Gasteiger partial charge in [0, 0.05) is 19.1 Å². The van der Waals surface area contributed by atoms with Crippen LogP contribution in [0.15, 0.2) is 0 Å². The molecule has 2 fully saturated rings. The zero-order chi connectivity index (χ0) is 9.47. The Morgan fingerprint density at radius 1 is 1.54 bits per heavy atom. The standard InChI is InChI=1S/C9H16N2O2/c10-9(8(12)13)4-5-11(6-9)7-2-1-3-7/h7H,1-6,10H2,(H,12,13). The van der Waals surface area contributed by atoms with Crippen LogP contribution in [-0.4, -0.2) is 40.6 Å². The number of carboxylic acids is 1. The summed E-state index contributed by atoms with van der Waals surface area (Å²) in [4.78, 5) is 13.1. The van der Waals surface area contributed by atoms with Crippen LogP contribution >= 0.6 is 0 Å². The Morgan fingerprint density at radius 2 is 2.23 bits per heavy atom. The maximum absolute atomic E-state index is 10.8. The fourth-order valence-electron chi connectivity index (χ4n) is 2.10. The molecule has 1 heterocycles. The summed E-state index contributed by atoms with van der Waals surface area (Å²) in [5, 5.41) is 8.91. The molecule has 2 aliphatic rings. The first kappa shape index (κ1) is 8.97. The number of rotatable bonds is 2. The van der Waals surface area contributed by atoms with Crippen molar-refractivity contribution >= 4 is 5.97 Å². The highest BCUT2D eigenvalue weighted by atomic mass is 16.4. The van der Waals surface area contributed by atoms with Crippen molar-refractivity contribution in [3.63, 3.8) is 0 Å². The second-order valence-corrected chi connectivity index (χ2v) is 4.27. The summed E-state index contributed by atoms with van der Waals surface area (Å²) in [6.45, 7) is 1.39. The van der Waals surface area contributed by atoms with Gasteiger partial charge in [-0.05, 0) is 19.3 Å². The number of likely N-dealkylation sites (tertiary alicyclic amines) is 1. The monoisotopic (exact) mass is 184 g/mol. The highest BCUT2D eigenvalue weighted by Gasteiger charge is 2.44. The van der Waals surface area contributed by atoms with Crippen LogP contribution in [0, 0.1) is 0 Å². The van der Waals surface area contributed by atoms with Gasteiger partial charge >= 0.3 is 5.97 Å². The predicted molar refractivity (Wildman–Crippen MR) is 48.4 cm³/mol. The highest BCUT2D eigenvalue weighted by Crippen LogP contribution is 2.30. The fourth-order valence-corrected chi connectivity index (χ4v) is 2.10. The molecule has 0 aromatic carbocycles. The van der Waals surface area contributed by atoms with Gasteiger partial charge in [-0.1, -0.05) is 6.42 Å². The quantitative estimate of drug-likeness (QED) is 0.635. The summed E-state index contributed by atoms with van der Waals surface area (Å²) in [6, 6.07) is 0.616. The van der Waals surface area contributed by atoms with Crippen LogP contribution in [0.4, 0.5) is 0 Å². The molecule has 0 aromatic rings. The van der Waals surface area contributed by atoms with Gasteiger partial charge in [0.2, 0.25) is 0 Å². The number of nitrogens with two attached hydrogens (primary N) is 1. The first-order valence-electron chi connectivity index (χ1n) is 4.88. The summed E-state index contributed by atoms with van der Waals surface area (Å²) < 4.78 is 0. The predicted octanol–water partition coefficient (Wildman–Crippen LogP) is 0.0267. The molecule has 0 radical (unpaired) electrons. The van der Waals surface area contributed by atoms with Crippen LogP contribution in [0.1, 0.15) is 25.7 Å². The van der Waals surface area contributed by atoms with E-state index in [-0.39, 0.29) is 0 Å². The average Bonchev–Trinajstić information content (AvgIpc) is 2.30. The number of hydrogen-bond acceptors (Lipinski definition) is 3. The van der Waals surface area contributed by atoms with E-state index >= 15 is 0 Å². The maximum atomic E-state index is 10.8. The first-order valence-corrected chi connectivity index (χ1v) is 4.88. The van der Waals surface area contributed by atoms with E-state index in [9.17, 15) is 4.79 Å². The van der Waals surface area contributed by atoms with Crippen LogP contribution in [-0.2, 0) is 4.79 Å². The van der Waals surface area contributed by atoms with E-state index in [0.29, 0.717) is 19.0 Å². The minimum absolute atomic E-state index is 0.535. The SMILES string of the molecule is NC1(C(=O)O)CCN(C2CCC2)C1. The molecule has 0 spiro atoms. The summed E-state index contributed by atoms with van der Waals surface area (Å²) in [5.74, 6) is -0.852. The van der Waals surface area contributed by atoms with Gasteiger partial charge in [-0.3, -0.25) is 9.69 Å². The van der Waals surface area contributed by atoms with Gasteiger partial charge in [-0.25, -0.2) is 0 Å². The summed E-state index contributed by atoms with van der Waals surface area (Å²) in [6.07, 6.45) is 4.32. The third-order valence-electron chi connectivity index (χ3n) is 3.35. The molecular weight excluding hydrogens is 168 g/mol. The largest absolute Gasteiger partial charge is 0.480 e. The maximum Gasteiger partial charge on any atom is 0.325 e. The lowest BCUT2D eigenvalue weighted by Gasteiger charge is -2.35. The van der Waals surface area contributed by atoms with Crippen LogP contribution in [0.5, 0.6) is 0 Å². The van der Waals surface area contributed by atoms with Gasteiger partial charge in [0.1, 0.15) is 5.54 Å². The van der Waals surface area contributed by atoms with Crippen molar-refractivity contribution in [1.29, 1.82) is 0 Å². The molecule has 4 heteroatoms. The molecule has 13 heavy (non-hydrogen) atoms. The fraction of sp³-hybridized carbons (Fsp3) is 0.889. The number of hydrogen-bond donors (Lipinski definition) is 2. The molecule has 0 bridgehead atoms. The minimum atomic E-state index is -0.977. The molecule has 2 rings (SSSR count). The minimum Gasteiger partial charge on any atom is -0.480 e. The molecular formula is C9H16N2O2. The summed E-state index contributed by atoms with van der Waals surface area (Å²) in [7, 11) is 0. The molecule has 1 aliphatic carbocycles. The number of aliphatic carboxylic acids is 1. The van der Waals surface area contributed by atoms with Crippen molar-refractivity contribution in [3.8, 4) is 0 Å². The number of nitrogens with zero attached hydrogens (tertiary/aromatic N) is 1. The lowest BCUT2D eigenvalue weighted by atomic mass is 9.91. The summed E-state index contributed by atoms with van der Waals surface area (Å²) in [5.41, 5.74) is 4.79. The number of carbonyl (C=O) groups is 1. The molecule has 1 aliphatic heterocycles. The Bertz CT molecular complexity index is 228. The summed E-state index contributed by atoms with van der Waals surface area (Å²) >= 11 is 0. The highest BCUT2D eigenvalue weighted by molar-refractivity contribution is 5.79. The first-order chi connectivity index (χ1) is 6.12. The average molecular weight is 184 g/mol. The van der Waals surface area contributed by atoms with Gasteiger partial charge in [0.05, 0.1) is 0 Å². The van der Waals surface area contributed by atoms with E-state index in [2.05, 4.69) is 4.90 Å². The van der Waals surface area contributed by atoms with E-state index in [1.165, 1.54) is 19.3 Å². The van der Waals surface area contributed by atoms with Gasteiger partial charge in [-0.15, -0.1) is 0 Å². The Kier molecular flexibility index (Phi) is 2.04. The van der Waals surface area contributed by atoms with Gasteiger partial charge in [0.25, 0.3) is 0 Å². The van der Waals surface area contributed by atoms with E-state index in [1.54, 1.807) is 0 Å². The third kappa shape index (κ3) is 1.44. The van der Waals surface area contributed by atoms with Crippen molar-refractivity contribution in [2.75, 3.05) is 13.1 Å². The van der Waals surface area contributed by atoms with Gasteiger partial charge in [0.15, 0.2) is 0 Å². The lowest BCUT2D eigenvalue weighted by molar-refractivity contribution is -0.142. The second-order valence-electron chi connectivity index (χ2n) is 4.27. The van der Waals surface area contributed by atoms with E-state index in [4.69, 9.17) is 10.8 Å². The van der Waals surface area contributed by atoms with Crippen LogP contribution in [0.2, 0.25) is 0 Å². The lowest BCUT2D eigenvalue weighted by Crippen LogP contribution is -2.51. The molecule has 4 nitrogen and oxygen atoms in total. The molecule has 1 saturated heterocycles. The molecule has 74 valence electrons. The zero-order valence-electron chi connectivity index (χ0n) is 7.70. The van der Waals surface area contributed by atoms with E-state index in [0.717, 1.165) is 6.54 Å². The van der Waals surface area contributed by atoms with Crippen LogP contribution < -0.4 is 5.73 Å². The normalized spacial score (nSPS) is 36.1. The van der Waals surface area contributed by atoms with E-state index in [1.807, 2.05) is 0 Å². The Balaban J connectivity index is 1.96. The van der Waals surface area contributed by atoms with Crippen molar-refractivity contribution in [3.05, 3.63) is 0 Å².